The molecule has 0 radical (unpaired) electrons. The molecular weight excluding hydrogens is 314 g/mol. The molecule has 0 atom stereocenters. The molecule has 2 heterocycles. The lowest BCUT2D eigenvalue weighted by atomic mass is 9.96. The van der Waals surface area contributed by atoms with Crippen molar-refractivity contribution in [2.75, 3.05) is 13.2 Å². The largest absolute Gasteiger partial charge is 0.494 e. The number of carbonyl (C=O) groups excluding carboxylic acids is 1. The number of nitrogens with one attached hydrogen (secondary N) is 2. The van der Waals surface area contributed by atoms with Crippen LogP contribution in [-0.4, -0.2) is 24.0 Å². The molecule has 1 aliphatic rings. The fraction of sp³-hybridized carbons (Fsp3) is 0.400. The van der Waals surface area contributed by atoms with Gasteiger partial charge in [-0.15, -0.1) is 0 Å². The Kier molecular flexibility index (Phi) is 5.66. The molecular formula is C20H25N3O2. The van der Waals surface area contributed by atoms with E-state index in [1.807, 2.05) is 44.3 Å². The summed E-state index contributed by atoms with van der Waals surface area (Å²) in [6, 6.07) is 7.68. The van der Waals surface area contributed by atoms with Crippen LogP contribution in [0, 0.1) is 6.92 Å². The molecule has 1 amide bonds. The van der Waals surface area contributed by atoms with Crippen molar-refractivity contribution < 1.29 is 9.53 Å². The molecule has 0 saturated carbocycles. The van der Waals surface area contributed by atoms with Crippen LogP contribution in [0.1, 0.15) is 34.9 Å². The van der Waals surface area contributed by atoms with E-state index >= 15 is 0 Å². The first-order valence-electron chi connectivity index (χ1n) is 8.82. The van der Waals surface area contributed by atoms with E-state index in [4.69, 9.17) is 4.74 Å². The van der Waals surface area contributed by atoms with Gasteiger partial charge in [0.25, 0.3) is 0 Å². The summed E-state index contributed by atoms with van der Waals surface area (Å²) >= 11 is 0. The summed E-state index contributed by atoms with van der Waals surface area (Å²) in [4.78, 5) is 16.8. The van der Waals surface area contributed by atoms with Crippen LogP contribution in [0.3, 0.4) is 0 Å². The number of hydrogen-bond donors (Lipinski definition) is 2. The highest BCUT2D eigenvalue weighted by Gasteiger charge is 2.16. The molecule has 2 N–H and O–H groups in total. The number of hydrogen-bond acceptors (Lipinski definition) is 4. The molecule has 1 aliphatic heterocycles. The summed E-state index contributed by atoms with van der Waals surface area (Å²) in [5.41, 5.74) is 5.73. The second kappa shape index (κ2) is 8.12. The van der Waals surface area contributed by atoms with Crippen molar-refractivity contribution in [2.45, 2.75) is 39.8 Å². The van der Waals surface area contributed by atoms with Gasteiger partial charge in [-0.05, 0) is 61.2 Å². The lowest BCUT2D eigenvalue weighted by Gasteiger charge is -2.21. The maximum atomic E-state index is 12.3. The number of fused-ring (bicyclic) bond motifs is 1. The average Bonchev–Trinajstić information content (AvgIpc) is 2.63. The lowest BCUT2D eigenvalue weighted by molar-refractivity contribution is -0.120. The molecule has 0 spiro atoms. The first-order chi connectivity index (χ1) is 12.2. The zero-order chi connectivity index (χ0) is 17.6. The van der Waals surface area contributed by atoms with Gasteiger partial charge in [0.05, 0.1) is 13.0 Å². The number of aromatic nitrogens is 1. The molecule has 3 rings (SSSR count). The van der Waals surface area contributed by atoms with Gasteiger partial charge in [-0.25, -0.2) is 0 Å². The Hall–Kier alpha value is -2.40. The monoisotopic (exact) mass is 339 g/mol. The standard InChI is InChI=1S/C20H25N3O2/c1-3-25-17-6-4-15(5-7-17)10-20(24)23-13-19-14(2)22-12-16-11-21-9-8-18(16)19/h4-7,12,21H,3,8-11,13H2,1-2H3,(H,23,24). The van der Waals surface area contributed by atoms with E-state index in [-0.39, 0.29) is 5.91 Å². The summed E-state index contributed by atoms with van der Waals surface area (Å²) in [6.45, 7) is 6.98. The summed E-state index contributed by atoms with van der Waals surface area (Å²) in [6.07, 6.45) is 3.31. The minimum absolute atomic E-state index is 0.0232. The Bertz CT molecular complexity index is 741. The van der Waals surface area contributed by atoms with Gasteiger partial charge in [-0.1, -0.05) is 12.1 Å². The summed E-state index contributed by atoms with van der Waals surface area (Å²) in [5, 5.41) is 6.41. The maximum Gasteiger partial charge on any atom is 0.224 e. The van der Waals surface area contributed by atoms with Gasteiger partial charge in [-0.2, -0.15) is 0 Å². The Morgan fingerprint density at radius 2 is 2.12 bits per heavy atom. The van der Waals surface area contributed by atoms with Crippen LogP contribution in [0.25, 0.3) is 0 Å². The number of nitrogens with zero attached hydrogens (tertiary/aromatic N) is 1. The van der Waals surface area contributed by atoms with E-state index in [0.29, 0.717) is 19.6 Å². The molecule has 0 unspecified atom stereocenters. The minimum Gasteiger partial charge on any atom is -0.494 e. The van der Waals surface area contributed by atoms with Gasteiger partial charge >= 0.3 is 0 Å². The molecule has 132 valence electrons. The Morgan fingerprint density at radius 3 is 2.88 bits per heavy atom. The third-order valence-electron chi connectivity index (χ3n) is 4.53. The van der Waals surface area contributed by atoms with Crippen molar-refractivity contribution >= 4 is 5.91 Å². The lowest BCUT2D eigenvalue weighted by Crippen LogP contribution is -2.29. The van der Waals surface area contributed by atoms with Crippen molar-refractivity contribution in [3.05, 3.63) is 58.4 Å². The number of pyridine rings is 1. The summed E-state index contributed by atoms with van der Waals surface area (Å²) in [7, 11) is 0. The molecule has 1 aromatic heterocycles. The fourth-order valence-corrected chi connectivity index (χ4v) is 3.18. The van der Waals surface area contributed by atoms with E-state index < -0.39 is 0 Å². The zero-order valence-corrected chi connectivity index (χ0v) is 14.9. The quantitative estimate of drug-likeness (QED) is 0.848. The third-order valence-corrected chi connectivity index (χ3v) is 4.53. The number of ether oxygens (including phenoxy) is 1. The van der Waals surface area contributed by atoms with Crippen LogP contribution in [0.5, 0.6) is 5.75 Å². The van der Waals surface area contributed by atoms with Crippen molar-refractivity contribution in [1.29, 1.82) is 0 Å². The molecule has 5 heteroatoms. The molecule has 0 saturated heterocycles. The van der Waals surface area contributed by atoms with Crippen molar-refractivity contribution in [3.63, 3.8) is 0 Å². The molecule has 25 heavy (non-hydrogen) atoms. The molecule has 1 aromatic carbocycles. The third kappa shape index (κ3) is 4.37. The number of aryl methyl sites for hydroxylation is 1. The van der Waals surface area contributed by atoms with Gasteiger partial charge in [0, 0.05) is 25.0 Å². The van der Waals surface area contributed by atoms with E-state index in [9.17, 15) is 4.79 Å². The van der Waals surface area contributed by atoms with Crippen molar-refractivity contribution in [2.24, 2.45) is 0 Å². The molecule has 5 nitrogen and oxygen atoms in total. The topological polar surface area (TPSA) is 63.2 Å². The van der Waals surface area contributed by atoms with Crippen LogP contribution in [0.15, 0.2) is 30.5 Å². The number of carbonyl (C=O) groups is 1. The van der Waals surface area contributed by atoms with Gasteiger partial charge < -0.3 is 15.4 Å². The highest BCUT2D eigenvalue weighted by Crippen LogP contribution is 2.20. The molecule has 0 fully saturated rings. The second-order valence-electron chi connectivity index (χ2n) is 6.28. The number of rotatable bonds is 6. The normalized spacial score (nSPS) is 13.2. The number of amides is 1. The van der Waals surface area contributed by atoms with Crippen molar-refractivity contribution in [1.82, 2.24) is 15.6 Å². The van der Waals surface area contributed by atoms with Crippen LogP contribution in [0.4, 0.5) is 0 Å². The molecule has 2 aromatic rings. The SMILES string of the molecule is CCOc1ccc(CC(=O)NCc2c(C)ncc3c2CCNC3)cc1. The Balaban J connectivity index is 1.61. The molecule has 0 bridgehead atoms. The van der Waals surface area contributed by atoms with Crippen molar-refractivity contribution in [3.8, 4) is 5.75 Å². The number of benzene rings is 1. The smallest absolute Gasteiger partial charge is 0.224 e. The molecule has 0 aliphatic carbocycles. The first kappa shape index (κ1) is 17.4. The summed E-state index contributed by atoms with van der Waals surface area (Å²) < 4.78 is 5.42. The zero-order valence-electron chi connectivity index (χ0n) is 14.9. The highest BCUT2D eigenvalue weighted by atomic mass is 16.5. The highest BCUT2D eigenvalue weighted by molar-refractivity contribution is 5.78. The van der Waals surface area contributed by atoms with Gasteiger partial charge in [-0.3, -0.25) is 9.78 Å². The van der Waals surface area contributed by atoms with Crippen LogP contribution in [0.2, 0.25) is 0 Å². The van der Waals surface area contributed by atoms with Crippen LogP contribution in [-0.2, 0) is 30.7 Å². The van der Waals surface area contributed by atoms with Gasteiger partial charge in [0.2, 0.25) is 5.91 Å². The van der Waals surface area contributed by atoms with E-state index in [0.717, 1.165) is 36.5 Å². The van der Waals surface area contributed by atoms with Crippen LogP contribution < -0.4 is 15.4 Å². The van der Waals surface area contributed by atoms with E-state index in [1.54, 1.807) is 0 Å². The average molecular weight is 339 g/mol. The predicted octanol–water partition coefficient (Wildman–Crippen LogP) is 2.29. The summed E-state index contributed by atoms with van der Waals surface area (Å²) in [5.74, 6) is 0.855. The second-order valence-corrected chi connectivity index (χ2v) is 6.28. The fourth-order valence-electron chi connectivity index (χ4n) is 3.18. The van der Waals surface area contributed by atoms with Crippen LogP contribution >= 0.6 is 0 Å². The van der Waals surface area contributed by atoms with Gasteiger partial charge in [0.15, 0.2) is 0 Å². The Morgan fingerprint density at radius 1 is 1.32 bits per heavy atom. The van der Waals surface area contributed by atoms with E-state index in [2.05, 4.69) is 15.6 Å². The Labute approximate surface area is 148 Å². The van der Waals surface area contributed by atoms with Gasteiger partial charge in [0.1, 0.15) is 5.75 Å². The predicted molar refractivity (Wildman–Crippen MR) is 97.5 cm³/mol. The van der Waals surface area contributed by atoms with E-state index in [1.165, 1.54) is 16.7 Å². The first-order valence-corrected chi connectivity index (χ1v) is 8.82. The minimum atomic E-state index is 0.0232. The maximum absolute atomic E-state index is 12.3.